The van der Waals surface area contributed by atoms with Crippen molar-refractivity contribution in [1.29, 1.82) is 0 Å². The normalized spacial score (nSPS) is 20.9. The quantitative estimate of drug-likeness (QED) is 0.613. The van der Waals surface area contributed by atoms with Crippen LogP contribution in [0.2, 0.25) is 0 Å². The Bertz CT molecular complexity index is 1070. The molecule has 5 rings (SSSR count). The topological polar surface area (TPSA) is 56.1 Å². The van der Waals surface area contributed by atoms with E-state index in [-0.39, 0.29) is 11.8 Å². The molecule has 168 valence electrons. The zero-order valence-corrected chi connectivity index (χ0v) is 18.7. The molecular weight excluding hydrogens is 402 g/mol. The minimum Gasteiger partial charge on any atom is -0.497 e. The second kappa shape index (κ2) is 8.94. The van der Waals surface area contributed by atoms with Crippen LogP contribution in [0.3, 0.4) is 0 Å². The highest BCUT2D eigenvalue weighted by Crippen LogP contribution is 2.43. The Hall–Kier alpha value is -2.86. The Morgan fingerprint density at radius 2 is 2.00 bits per heavy atom. The van der Waals surface area contributed by atoms with Crippen molar-refractivity contribution >= 4 is 11.4 Å². The lowest BCUT2D eigenvalue weighted by Crippen LogP contribution is -2.47. The first-order valence-corrected chi connectivity index (χ1v) is 11.6. The monoisotopic (exact) mass is 433 g/mol. The molecule has 1 aliphatic carbocycles. The number of fused-ring (bicyclic) bond motifs is 1. The molecule has 2 aliphatic rings. The molecule has 6 heteroatoms. The summed E-state index contributed by atoms with van der Waals surface area (Å²) in [6.45, 7) is 2.66. The van der Waals surface area contributed by atoms with Crippen molar-refractivity contribution in [1.82, 2.24) is 14.5 Å². The molecule has 0 bridgehead atoms. The van der Waals surface area contributed by atoms with Crippen LogP contribution in [0.1, 0.15) is 36.8 Å². The SMILES string of the molecule is COc1ccc(C2(C(=O)N3CCOC[C@@H](Cc4cccn5nccc45)C3)CCCC2)cc1. The van der Waals surface area contributed by atoms with E-state index in [1.165, 1.54) is 5.56 Å². The average molecular weight is 434 g/mol. The van der Waals surface area contributed by atoms with Gasteiger partial charge in [-0.25, -0.2) is 4.52 Å². The third-order valence-electron chi connectivity index (χ3n) is 7.17. The number of aromatic nitrogens is 2. The second-order valence-corrected chi connectivity index (χ2v) is 9.11. The largest absolute Gasteiger partial charge is 0.497 e. The van der Waals surface area contributed by atoms with Gasteiger partial charge >= 0.3 is 0 Å². The first-order chi connectivity index (χ1) is 15.7. The predicted octanol–water partition coefficient (Wildman–Crippen LogP) is 3.87. The number of benzene rings is 1. The van der Waals surface area contributed by atoms with Gasteiger partial charge in [0.2, 0.25) is 5.91 Å². The van der Waals surface area contributed by atoms with E-state index in [2.05, 4.69) is 28.2 Å². The summed E-state index contributed by atoms with van der Waals surface area (Å²) < 4.78 is 13.2. The Labute approximate surface area is 189 Å². The number of pyridine rings is 1. The summed E-state index contributed by atoms with van der Waals surface area (Å²) in [5.41, 5.74) is 3.07. The third kappa shape index (κ3) is 3.88. The van der Waals surface area contributed by atoms with Crippen molar-refractivity contribution in [2.24, 2.45) is 5.92 Å². The Kier molecular flexibility index (Phi) is 5.87. The fraction of sp³-hybridized carbons (Fsp3) is 0.462. The van der Waals surface area contributed by atoms with Gasteiger partial charge in [0.25, 0.3) is 0 Å². The molecule has 6 nitrogen and oxygen atoms in total. The highest BCUT2D eigenvalue weighted by molar-refractivity contribution is 5.88. The lowest BCUT2D eigenvalue weighted by Gasteiger charge is -2.35. The van der Waals surface area contributed by atoms with Gasteiger partial charge in [0, 0.05) is 31.4 Å². The van der Waals surface area contributed by atoms with Crippen LogP contribution in [0.4, 0.5) is 0 Å². The van der Waals surface area contributed by atoms with Crippen LogP contribution in [0.5, 0.6) is 5.75 Å². The number of methoxy groups -OCH3 is 1. The van der Waals surface area contributed by atoms with Crippen LogP contribution in [0.15, 0.2) is 54.9 Å². The number of rotatable bonds is 5. The zero-order valence-electron chi connectivity index (χ0n) is 18.7. The summed E-state index contributed by atoms with van der Waals surface area (Å²) in [5.74, 6) is 1.35. The maximum Gasteiger partial charge on any atom is 0.233 e. The first kappa shape index (κ1) is 21.0. The van der Waals surface area contributed by atoms with Crippen LogP contribution in [0.25, 0.3) is 5.52 Å². The van der Waals surface area contributed by atoms with Gasteiger partial charge in [0.1, 0.15) is 5.75 Å². The summed E-state index contributed by atoms with van der Waals surface area (Å²) in [5, 5.41) is 4.35. The molecule has 1 aliphatic heterocycles. The average Bonchev–Trinajstić information content (AvgIpc) is 3.46. The molecule has 2 aromatic heterocycles. The summed E-state index contributed by atoms with van der Waals surface area (Å²) in [4.78, 5) is 16.1. The van der Waals surface area contributed by atoms with E-state index < -0.39 is 5.41 Å². The maximum atomic E-state index is 14.0. The van der Waals surface area contributed by atoms with Crippen molar-refractivity contribution in [3.05, 3.63) is 66.0 Å². The van der Waals surface area contributed by atoms with E-state index in [1.54, 1.807) is 7.11 Å². The van der Waals surface area contributed by atoms with Gasteiger partial charge in [-0.05, 0) is 54.7 Å². The molecule has 0 unspecified atom stereocenters. The van der Waals surface area contributed by atoms with Crippen molar-refractivity contribution in [2.75, 3.05) is 33.4 Å². The van der Waals surface area contributed by atoms with Crippen molar-refractivity contribution in [3.63, 3.8) is 0 Å². The smallest absolute Gasteiger partial charge is 0.233 e. The molecule has 1 saturated carbocycles. The van der Waals surface area contributed by atoms with Gasteiger partial charge in [-0.3, -0.25) is 4.79 Å². The maximum absolute atomic E-state index is 14.0. The van der Waals surface area contributed by atoms with Crippen LogP contribution >= 0.6 is 0 Å². The van der Waals surface area contributed by atoms with Crippen molar-refractivity contribution < 1.29 is 14.3 Å². The number of ether oxygens (including phenoxy) is 2. The number of nitrogens with zero attached hydrogens (tertiary/aromatic N) is 3. The molecule has 1 saturated heterocycles. The molecule has 1 atom stereocenters. The standard InChI is InChI=1S/C26H31N3O3/c1-31-23-8-6-22(7-9-23)26(11-2-3-12-26)25(30)28-15-16-32-19-20(18-28)17-21-5-4-14-29-24(21)10-13-27-29/h4-10,13-14,20H,2-3,11-12,15-19H2,1H3/t20-/m0/s1. The molecular formula is C26H31N3O3. The van der Waals surface area contributed by atoms with Gasteiger partial charge in [-0.2, -0.15) is 5.10 Å². The van der Waals surface area contributed by atoms with E-state index in [0.717, 1.165) is 55.5 Å². The minimum atomic E-state index is -0.424. The lowest BCUT2D eigenvalue weighted by molar-refractivity contribution is -0.137. The molecule has 1 amide bonds. The van der Waals surface area contributed by atoms with Crippen LogP contribution in [-0.4, -0.2) is 53.8 Å². The van der Waals surface area contributed by atoms with Gasteiger partial charge in [0.05, 0.1) is 31.3 Å². The second-order valence-electron chi connectivity index (χ2n) is 9.11. The molecule has 0 N–H and O–H groups in total. The molecule has 0 spiro atoms. The Balaban J connectivity index is 1.38. The fourth-order valence-corrected chi connectivity index (χ4v) is 5.50. The highest BCUT2D eigenvalue weighted by atomic mass is 16.5. The first-order valence-electron chi connectivity index (χ1n) is 11.6. The summed E-state index contributed by atoms with van der Waals surface area (Å²) >= 11 is 0. The zero-order chi connectivity index (χ0) is 22.0. The van der Waals surface area contributed by atoms with Crippen LogP contribution in [0, 0.1) is 5.92 Å². The number of carbonyl (C=O) groups excluding carboxylic acids is 1. The van der Waals surface area contributed by atoms with E-state index in [9.17, 15) is 4.79 Å². The van der Waals surface area contributed by atoms with Gasteiger partial charge < -0.3 is 14.4 Å². The summed E-state index contributed by atoms with van der Waals surface area (Å²) in [6.07, 6.45) is 8.68. The van der Waals surface area contributed by atoms with Crippen LogP contribution in [-0.2, 0) is 21.4 Å². The molecule has 1 aromatic carbocycles. The van der Waals surface area contributed by atoms with E-state index in [1.807, 2.05) is 41.2 Å². The lowest BCUT2D eigenvalue weighted by atomic mass is 9.77. The van der Waals surface area contributed by atoms with Crippen LogP contribution < -0.4 is 4.74 Å². The Morgan fingerprint density at radius 3 is 2.78 bits per heavy atom. The number of hydrogen-bond acceptors (Lipinski definition) is 4. The summed E-state index contributed by atoms with van der Waals surface area (Å²) in [7, 11) is 1.67. The van der Waals surface area contributed by atoms with Crippen molar-refractivity contribution in [2.45, 2.75) is 37.5 Å². The van der Waals surface area contributed by atoms with Crippen molar-refractivity contribution in [3.8, 4) is 5.75 Å². The van der Waals surface area contributed by atoms with Gasteiger partial charge in [-0.1, -0.05) is 31.0 Å². The predicted molar refractivity (Wildman–Crippen MR) is 123 cm³/mol. The molecule has 32 heavy (non-hydrogen) atoms. The van der Waals surface area contributed by atoms with Gasteiger partial charge in [0.15, 0.2) is 0 Å². The molecule has 3 heterocycles. The molecule has 3 aromatic rings. The van der Waals surface area contributed by atoms with Gasteiger partial charge in [-0.15, -0.1) is 0 Å². The minimum absolute atomic E-state index is 0.261. The fourth-order valence-electron chi connectivity index (χ4n) is 5.50. The highest BCUT2D eigenvalue weighted by Gasteiger charge is 2.45. The van der Waals surface area contributed by atoms with E-state index in [4.69, 9.17) is 9.47 Å². The number of carbonyl (C=O) groups is 1. The summed E-state index contributed by atoms with van der Waals surface area (Å²) in [6, 6.07) is 14.3. The number of amides is 1. The Morgan fingerprint density at radius 1 is 1.19 bits per heavy atom. The molecule has 2 fully saturated rings. The third-order valence-corrected chi connectivity index (χ3v) is 7.17. The van der Waals surface area contributed by atoms with E-state index >= 15 is 0 Å². The van der Waals surface area contributed by atoms with E-state index in [0.29, 0.717) is 19.8 Å². The molecule has 0 radical (unpaired) electrons. The number of hydrogen-bond donors (Lipinski definition) is 0.